The second kappa shape index (κ2) is 23.6. The van der Waals surface area contributed by atoms with Crippen molar-refractivity contribution >= 4 is 63.4 Å². The third-order valence-electron chi connectivity index (χ3n) is 19.1. The van der Waals surface area contributed by atoms with Gasteiger partial charge in [-0.25, -0.2) is 0 Å². The van der Waals surface area contributed by atoms with Gasteiger partial charge in [-0.2, -0.15) is 0 Å². The molecule has 0 fully saturated rings. The summed E-state index contributed by atoms with van der Waals surface area (Å²) >= 11 is 0. The lowest BCUT2D eigenvalue weighted by atomic mass is 9.90. The highest BCUT2D eigenvalue weighted by molar-refractivity contribution is 7.68. The van der Waals surface area contributed by atoms with Crippen molar-refractivity contribution in [3.8, 4) is 84.4 Å². The summed E-state index contributed by atoms with van der Waals surface area (Å²) in [5.41, 5.74) is 16.1. The molecule has 0 aromatic heterocycles. The Balaban J connectivity index is 0.000000162. The van der Waals surface area contributed by atoms with E-state index >= 15 is 13.7 Å². The van der Waals surface area contributed by atoms with Crippen molar-refractivity contribution < 1.29 is 45.4 Å². The van der Waals surface area contributed by atoms with E-state index in [1.807, 2.05) is 288 Å². The average molecular weight is 1340 g/mol. The topological polar surface area (TPSA) is 132 Å². The van der Waals surface area contributed by atoms with E-state index in [1.54, 1.807) is 0 Å². The van der Waals surface area contributed by atoms with Gasteiger partial charge in [0.15, 0.2) is 0 Å². The van der Waals surface area contributed by atoms with Crippen LogP contribution in [0.5, 0.6) is 28.7 Å². The van der Waals surface area contributed by atoms with Crippen LogP contribution in [0, 0.1) is 20.8 Å². The Morgan fingerprint density at radius 3 is 0.589 bits per heavy atom. The summed E-state index contributed by atoms with van der Waals surface area (Å²) in [5, 5.41) is 3.48. The van der Waals surface area contributed by atoms with Crippen molar-refractivity contribution in [3.63, 3.8) is 0 Å². The first-order chi connectivity index (χ1) is 46.1. The predicted molar refractivity (Wildman–Crippen MR) is 384 cm³/mol. The Morgan fingerprint density at radius 1 is 0.211 bits per heavy atom. The van der Waals surface area contributed by atoms with Crippen LogP contribution in [0.1, 0.15) is 44.5 Å². The van der Waals surface area contributed by atoms with Gasteiger partial charge in [0.2, 0.25) is 0 Å². The molecule has 5 atom stereocenters. The van der Waals surface area contributed by atoms with Crippen molar-refractivity contribution in [2.75, 3.05) is 0 Å². The smallest absolute Gasteiger partial charge is 0.282 e. The van der Waals surface area contributed by atoms with Crippen molar-refractivity contribution in [2.45, 2.75) is 51.6 Å². The number of benzene rings is 12. The van der Waals surface area contributed by atoms with Crippen LogP contribution in [0.15, 0.2) is 267 Å². The largest absolute Gasteiger partial charge is 0.439 e. The van der Waals surface area contributed by atoms with Crippen LogP contribution in [0.25, 0.3) is 55.6 Å². The van der Waals surface area contributed by atoms with E-state index in [2.05, 4.69) is 0 Å². The molecular weight excluding hydrogens is 1280 g/mol. The molecule has 17 rings (SSSR count). The molecule has 0 N–H and O–H groups in total. The Hall–Kier alpha value is -9.21. The first kappa shape index (κ1) is 60.7. The second-order valence-electron chi connectivity index (χ2n) is 24.8. The molecule has 95 heavy (non-hydrogen) atoms. The fourth-order valence-corrected chi connectivity index (χ4v) is 26.9. The monoisotopic (exact) mass is 1340 g/mol. The van der Waals surface area contributed by atoms with Crippen molar-refractivity contribution in [1.82, 2.24) is 0 Å². The van der Waals surface area contributed by atoms with Gasteiger partial charge in [-0.3, -0.25) is 22.8 Å². The van der Waals surface area contributed by atoms with E-state index in [0.29, 0.717) is 44.7 Å². The zero-order chi connectivity index (χ0) is 64.8. The van der Waals surface area contributed by atoms with Crippen LogP contribution in [0.3, 0.4) is 0 Å². The minimum Gasteiger partial charge on any atom is -0.439 e. The highest BCUT2D eigenvalue weighted by atomic mass is 31.2. The van der Waals surface area contributed by atoms with Crippen LogP contribution in [0.4, 0.5) is 0 Å². The highest BCUT2D eigenvalue weighted by Crippen LogP contribution is 2.64. The summed E-state index contributed by atoms with van der Waals surface area (Å²) in [5.74, 6) is 3.03. The molecule has 0 saturated carbocycles. The fraction of sp³-hybridized carbons (Fsp3) is 0.100. The summed E-state index contributed by atoms with van der Waals surface area (Å²) in [6.07, 6.45) is 0.828. The fourth-order valence-electron chi connectivity index (χ4n) is 14.4. The normalized spacial score (nSPS) is 20.8. The highest BCUT2D eigenvalue weighted by Gasteiger charge is 2.44. The number of para-hydroxylation sites is 5. The number of rotatable bonds is 10. The van der Waals surface area contributed by atoms with Crippen molar-refractivity contribution in [2.24, 2.45) is 0 Å². The first-order valence-electron chi connectivity index (χ1n) is 31.7. The molecule has 15 heteroatoms. The Bertz CT molecular complexity index is 4940. The van der Waals surface area contributed by atoms with Gasteiger partial charge in [0.25, 0.3) is 36.8 Å². The van der Waals surface area contributed by atoms with Gasteiger partial charge in [-0.15, -0.1) is 0 Å². The summed E-state index contributed by atoms with van der Waals surface area (Å²) in [6.45, 7) is 6.06. The standard InChI is InChI=1S/C48H39O6P3.C32H24O4P2/c1-31-40(28-55(49)46-25-13-7-19-37(46)34-16-4-10-22-43(34)52-55)32(2)42(30-57(51)48-27-15-9-21-39(48)36-18-6-12-24-45(36)54-57)33(3)41(31)29-56(50)47-26-14-8-20-38(47)35-17-5-11-23-44(35)53-56;33-37(31-15-7-3-11-27(31)25-9-1-5-13-29(25)35-37)21-23-17-19-24(20-18-23)22-38(34)32-16-8-4-12-28(32)26-10-2-6-14-30(26)36-38/h4-27H,28-30H2,1-3H3;1-20H,21-22H2. The van der Waals surface area contributed by atoms with Gasteiger partial charge in [0.05, 0.1) is 57.3 Å². The zero-order valence-corrected chi connectivity index (χ0v) is 56.7. The predicted octanol–water partition coefficient (Wildman–Crippen LogP) is 20.1. The molecule has 0 radical (unpaired) electrons. The van der Waals surface area contributed by atoms with E-state index < -0.39 is 36.8 Å². The maximum absolute atomic E-state index is 15.5. The van der Waals surface area contributed by atoms with Gasteiger partial charge in [-0.1, -0.05) is 206 Å². The molecule has 0 saturated heterocycles. The van der Waals surface area contributed by atoms with Gasteiger partial charge < -0.3 is 22.6 Å². The molecular formula is C80H63O10P5. The Kier molecular flexibility index (Phi) is 15.1. The van der Waals surface area contributed by atoms with Crippen molar-refractivity contribution in [3.05, 3.63) is 311 Å². The molecule has 12 aromatic rings. The van der Waals surface area contributed by atoms with E-state index in [-0.39, 0.29) is 30.8 Å². The number of hydrogen-bond donors (Lipinski definition) is 0. The molecule has 0 amide bonds. The summed E-state index contributed by atoms with van der Waals surface area (Å²) in [4.78, 5) is 0. The molecule has 5 unspecified atom stereocenters. The lowest BCUT2D eigenvalue weighted by Crippen LogP contribution is -2.23. The summed E-state index contributed by atoms with van der Waals surface area (Å²) in [7, 11) is -17.1. The van der Waals surface area contributed by atoms with Crippen LogP contribution in [-0.2, 0) is 53.6 Å². The zero-order valence-electron chi connectivity index (χ0n) is 52.3. The maximum atomic E-state index is 15.5. The summed E-state index contributed by atoms with van der Waals surface area (Å²) < 4.78 is 107. The van der Waals surface area contributed by atoms with Gasteiger partial charge >= 0.3 is 0 Å². The minimum atomic E-state index is -3.58. The molecule has 468 valence electrons. The third kappa shape index (κ3) is 10.5. The molecule has 0 spiro atoms. The molecule has 5 aliphatic heterocycles. The molecule has 0 bridgehead atoms. The average Bonchev–Trinajstić information content (AvgIpc) is 0.750. The van der Waals surface area contributed by atoms with E-state index in [4.69, 9.17) is 22.6 Å². The lowest BCUT2D eigenvalue weighted by molar-refractivity contribution is 0.488. The van der Waals surface area contributed by atoms with Crippen LogP contribution in [-0.4, -0.2) is 0 Å². The van der Waals surface area contributed by atoms with Crippen LogP contribution in [0.2, 0.25) is 0 Å². The summed E-state index contributed by atoms with van der Waals surface area (Å²) in [6, 6.07) is 85.3. The van der Waals surface area contributed by atoms with E-state index in [1.165, 1.54) is 0 Å². The second-order valence-corrected chi connectivity index (χ2v) is 36.4. The minimum absolute atomic E-state index is 0.0887. The number of fused-ring (bicyclic) bond motifs is 15. The molecule has 5 heterocycles. The van der Waals surface area contributed by atoms with E-state index in [9.17, 15) is 9.13 Å². The Labute approximate surface area is 552 Å². The van der Waals surface area contributed by atoms with Crippen LogP contribution >= 0.6 is 36.8 Å². The third-order valence-corrected chi connectivity index (χ3v) is 30.9. The first-order valence-corrected chi connectivity index (χ1v) is 40.7. The van der Waals surface area contributed by atoms with E-state index in [0.717, 1.165) is 111 Å². The maximum Gasteiger partial charge on any atom is 0.282 e. The molecule has 12 aromatic carbocycles. The Morgan fingerprint density at radius 2 is 0.379 bits per heavy atom. The molecule has 10 nitrogen and oxygen atoms in total. The van der Waals surface area contributed by atoms with Gasteiger partial charge in [-0.05, 0) is 154 Å². The van der Waals surface area contributed by atoms with Crippen molar-refractivity contribution in [1.29, 1.82) is 0 Å². The lowest BCUT2D eigenvalue weighted by Gasteiger charge is -2.33. The van der Waals surface area contributed by atoms with Crippen LogP contribution < -0.4 is 49.1 Å². The number of hydrogen-bond acceptors (Lipinski definition) is 10. The molecule has 0 aliphatic carbocycles. The van der Waals surface area contributed by atoms with Gasteiger partial charge in [0.1, 0.15) is 28.7 Å². The molecule has 5 aliphatic rings. The SMILES string of the molecule is Cc1c(CP2(=O)Oc3ccccc3-c3ccccc32)c(C)c(CP2(=O)Oc3ccccc3-c3ccccc32)c(C)c1CP1(=O)Oc2ccccc2-c2ccccc21.O=P1(Cc2ccc(CP3(=O)Oc4ccccc4-c4ccccc43)cc2)Oc2ccccc2-c2ccccc21. The van der Waals surface area contributed by atoms with Gasteiger partial charge in [0, 0.05) is 27.8 Å². The quantitative estimate of drug-likeness (QED) is 0.122.